The molecule has 4 heteroatoms. The minimum absolute atomic E-state index is 0.0110. The van der Waals surface area contributed by atoms with Crippen LogP contribution in [-0.4, -0.2) is 32.2 Å². The Morgan fingerprint density at radius 2 is 2.07 bits per heavy atom. The van der Waals surface area contributed by atoms with E-state index in [4.69, 9.17) is 0 Å². The van der Waals surface area contributed by atoms with Gasteiger partial charge in [-0.25, -0.2) is 0 Å². The SMILES string of the molecule is CNC(=O)c1cccc(N(C)C)c1O. The lowest BCUT2D eigenvalue weighted by Crippen LogP contribution is -2.19. The van der Waals surface area contributed by atoms with E-state index >= 15 is 0 Å². The number of aromatic hydroxyl groups is 1. The van der Waals surface area contributed by atoms with E-state index in [1.807, 2.05) is 14.1 Å². The molecule has 0 aliphatic heterocycles. The average Bonchev–Trinajstić information content (AvgIpc) is 2.16. The van der Waals surface area contributed by atoms with E-state index in [2.05, 4.69) is 5.32 Å². The molecule has 1 aromatic carbocycles. The van der Waals surface area contributed by atoms with Crippen molar-refractivity contribution in [1.29, 1.82) is 0 Å². The Labute approximate surface area is 83.2 Å². The molecule has 0 fully saturated rings. The first-order valence-electron chi connectivity index (χ1n) is 4.29. The average molecular weight is 194 g/mol. The highest BCUT2D eigenvalue weighted by atomic mass is 16.3. The van der Waals surface area contributed by atoms with Crippen molar-refractivity contribution in [3.8, 4) is 5.75 Å². The molecule has 0 aromatic heterocycles. The van der Waals surface area contributed by atoms with Gasteiger partial charge in [0.05, 0.1) is 11.3 Å². The van der Waals surface area contributed by atoms with E-state index in [1.165, 1.54) is 7.05 Å². The highest BCUT2D eigenvalue weighted by molar-refractivity contribution is 5.98. The van der Waals surface area contributed by atoms with Crippen LogP contribution >= 0.6 is 0 Å². The Bertz CT molecular complexity index is 348. The molecule has 0 radical (unpaired) electrons. The van der Waals surface area contributed by atoms with Crippen LogP contribution in [-0.2, 0) is 0 Å². The number of hydrogen-bond acceptors (Lipinski definition) is 3. The molecular weight excluding hydrogens is 180 g/mol. The van der Waals surface area contributed by atoms with Crippen LogP contribution in [0, 0.1) is 0 Å². The zero-order valence-corrected chi connectivity index (χ0v) is 8.53. The summed E-state index contributed by atoms with van der Waals surface area (Å²) in [6, 6.07) is 5.07. The molecule has 0 saturated carbocycles. The lowest BCUT2D eigenvalue weighted by molar-refractivity contribution is 0.0960. The Morgan fingerprint density at radius 3 is 2.57 bits per heavy atom. The number of phenols is 1. The summed E-state index contributed by atoms with van der Waals surface area (Å²) >= 11 is 0. The largest absolute Gasteiger partial charge is 0.505 e. The molecule has 1 aromatic rings. The number of para-hydroxylation sites is 1. The monoisotopic (exact) mass is 194 g/mol. The molecular formula is C10H14N2O2. The predicted octanol–water partition coefficient (Wildman–Crippen LogP) is 0.818. The Morgan fingerprint density at radius 1 is 1.43 bits per heavy atom. The second-order valence-corrected chi connectivity index (χ2v) is 3.15. The molecule has 0 bridgehead atoms. The van der Waals surface area contributed by atoms with Crippen molar-refractivity contribution < 1.29 is 9.90 Å². The minimum Gasteiger partial charge on any atom is -0.505 e. The molecule has 14 heavy (non-hydrogen) atoms. The third kappa shape index (κ3) is 1.79. The van der Waals surface area contributed by atoms with Crippen LogP contribution in [0.5, 0.6) is 5.75 Å². The summed E-state index contributed by atoms with van der Waals surface area (Å²) in [6.07, 6.45) is 0. The van der Waals surface area contributed by atoms with Gasteiger partial charge in [-0.2, -0.15) is 0 Å². The van der Waals surface area contributed by atoms with Gasteiger partial charge in [-0.05, 0) is 12.1 Å². The number of anilines is 1. The van der Waals surface area contributed by atoms with Crippen LogP contribution in [0.2, 0.25) is 0 Å². The van der Waals surface area contributed by atoms with Crippen molar-refractivity contribution in [3.05, 3.63) is 23.8 Å². The molecule has 76 valence electrons. The lowest BCUT2D eigenvalue weighted by Gasteiger charge is -2.15. The van der Waals surface area contributed by atoms with Gasteiger partial charge in [0.2, 0.25) is 0 Å². The summed E-state index contributed by atoms with van der Waals surface area (Å²) in [5, 5.41) is 12.2. The van der Waals surface area contributed by atoms with E-state index in [1.54, 1.807) is 23.1 Å². The molecule has 4 nitrogen and oxygen atoms in total. The third-order valence-corrected chi connectivity index (χ3v) is 1.97. The zero-order valence-electron chi connectivity index (χ0n) is 8.53. The topological polar surface area (TPSA) is 52.6 Å². The van der Waals surface area contributed by atoms with E-state index in [0.717, 1.165) is 0 Å². The van der Waals surface area contributed by atoms with E-state index in [-0.39, 0.29) is 11.7 Å². The van der Waals surface area contributed by atoms with Gasteiger partial charge in [-0.15, -0.1) is 0 Å². The fraction of sp³-hybridized carbons (Fsp3) is 0.300. The van der Waals surface area contributed by atoms with Crippen molar-refractivity contribution >= 4 is 11.6 Å². The number of nitrogens with one attached hydrogen (secondary N) is 1. The molecule has 0 aliphatic rings. The fourth-order valence-electron chi connectivity index (χ4n) is 1.21. The molecule has 0 atom stereocenters. The van der Waals surface area contributed by atoms with Crippen molar-refractivity contribution in [2.45, 2.75) is 0 Å². The molecule has 0 saturated heterocycles. The van der Waals surface area contributed by atoms with E-state index < -0.39 is 0 Å². The summed E-state index contributed by atoms with van der Waals surface area (Å²) in [5.74, 6) is -0.275. The van der Waals surface area contributed by atoms with Gasteiger partial charge in [0.1, 0.15) is 0 Å². The summed E-state index contributed by atoms with van der Waals surface area (Å²) < 4.78 is 0. The first-order chi connectivity index (χ1) is 6.57. The summed E-state index contributed by atoms with van der Waals surface area (Å²) in [7, 11) is 5.15. The van der Waals surface area contributed by atoms with Gasteiger partial charge < -0.3 is 15.3 Å². The van der Waals surface area contributed by atoms with Crippen LogP contribution in [0.3, 0.4) is 0 Å². The van der Waals surface area contributed by atoms with Crippen molar-refractivity contribution in [2.24, 2.45) is 0 Å². The second-order valence-electron chi connectivity index (χ2n) is 3.15. The number of benzene rings is 1. The maximum Gasteiger partial charge on any atom is 0.254 e. The number of carbonyl (C=O) groups is 1. The van der Waals surface area contributed by atoms with Crippen LogP contribution in [0.4, 0.5) is 5.69 Å². The van der Waals surface area contributed by atoms with Gasteiger partial charge >= 0.3 is 0 Å². The highest BCUT2D eigenvalue weighted by Gasteiger charge is 2.13. The number of amides is 1. The first kappa shape index (κ1) is 10.4. The van der Waals surface area contributed by atoms with Crippen molar-refractivity contribution in [3.63, 3.8) is 0 Å². The normalized spacial score (nSPS) is 9.64. The highest BCUT2D eigenvalue weighted by Crippen LogP contribution is 2.29. The third-order valence-electron chi connectivity index (χ3n) is 1.97. The van der Waals surface area contributed by atoms with Crippen molar-refractivity contribution in [1.82, 2.24) is 5.32 Å². The summed E-state index contributed by atoms with van der Waals surface area (Å²) in [4.78, 5) is 13.1. The zero-order chi connectivity index (χ0) is 10.7. The molecule has 0 aliphatic carbocycles. The number of carbonyl (C=O) groups excluding carboxylic acids is 1. The van der Waals surface area contributed by atoms with Gasteiger partial charge in [-0.1, -0.05) is 6.07 Å². The molecule has 0 heterocycles. The fourth-order valence-corrected chi connectivity index (χ4v) is 1.21. The smallest absolute Gasteiger partial charge is 0.254 e. The van der Waals surface area contributed by atoms with Gasteiger partial charge in [0.15, 0.2) is 5.75 Å². The lowest BCUT2D eigenvalue weighted by atomic mass is 10.1. The molecule has 1 rings (SSSR count). The number of phenolic OH excluding ortho intramolecular Hbond substituents is 1. The molecule has 0 unspecified atom stereocenters. The number of rotatable bonds is 2. The second kappa shape index (κ2) is 4.00. The Kier molecular flexibility index (Phi) is 2.96. The van der Waals surface area contributed by atoms with Crippen LogP contribution in [0.15, 0.2) is 18.2 Å². The number of nitrogens with zero attached hydrogens (tertiary/aromatic N) is 1. The molecule has 2 N–H and O–H groups in total. The number of hydrogen-bond donors (Lipinski definition) is 2. The molecule has 1 amide bonds. The van der Waals surface area contributed by atoms with E-state index in [0.29, 0.717) is 11.3 Å². The van der Waals surface area contributed by atoms with Gasteiger partial charge in [0, 0.05) is 21.1 Å². The maximum absolute atomic E-state index is 11.3. The Hall–Kier alpha value is -1.71. The quantitative estimate of drug-likeness (QED) is 0.732. The first-order valence-corrected chi connectivity index (χ1v) is 4.29. The van der Waals surface area contributed by atoms with Crippen LogP contribution in [0.25, 0.3) is 0 Å². The molecule has 0 spiro atoms. The van der Waals surface area contributed by atoms with Crippen LogP contribution in [0.1, 0.15) is 10.4 Å². The minimum atomic E-state index is -0.286. The summed E-state index contributed by atoms with van der Waals surface area (Å²) in [6.45, 7) is 0. The van der Waals surface area contributed by atoms with Crippen molar-refractivity contribution in [2.75, 3.05) is 26.0 Å². The van der Waals surface area contributed by atoms with Crippen LogP contribution < -0.4 is 10.2 Å². The maximum atomic E-state index is 11.3. The van der Waals surface area contributed by atoms with E-state index in [9.17, 15) is 9.90 Å². The summed E-state index contributed by atoms with van der Waals surface area (Å²) in [5.41, 5.74) is 0.921. The van der Waals surface area contributed by atoms with Gasteiger partial charge in [-0.3, -0.25) is 4.79 Å². The van der Waals surface area contributed by atoms with Gasteiger partial charge in [0.25, 0.3) is 5.91 Å². The Balaban J connectivity index is 3.20. The predicted molar refractivity (Wildman–Crippen MR) is 55.8 cm³/mol. The standard InChI is InChI=1S/C10H14N2O2/c1-11-10(14)7-5-4-6-8(9(7)13)12(2)3/h4-6,13H,1-3H3,(H,11,14).